The molecular formula is C7H12F. The van der Waals surface area contributed by atoms with Gasteiger partial charge in [-0.2, -0.15) is 0 Å². The standard InChI is InChI=1S/C7H12F/c8-7-5-3-1-2-4-6-7/h1-6H2. The Hall–Kier alpha value is -0.0700. The largest absolute Gasteiger partial charge is 0.240 e. The third-order valence-electron chi connectivity index (χ3n) is 1.65. The Kier molecular flexibility index (Phi) is 2.31. The van der Waals surface area contributed by atoms with Crippen LogP contribution >= 0.6 is 0 Å². The van der Waals surface area contributed by atoms with Gasteiger partial charge in [-0.15, -0.1) is 0 Å². The van der Waals surface area contributed by atoms with Crippen LogP contribution in [0.1, 0.15) is 38.5 Å². The summed E-state index contributed by atoms with van der Waals surface area (Å²) in [5.41, 5.74) is 0. The molecule has 0 amide bonds. The Morgan fingerprint density at radius 1 is 0.875 bits per heavy atom. The molecule has 1 saturated carbocycles. The van der Waals surface area contributed by atoms with Crippen LogP contribution in [0.15, 0.2) is 0 Å². The lowest BCUT2D eigenvalue weighted by atomic mass is 10.2. The van der Waals surface area contributed by atoms with Gasteiger partial charge in [0.2, 0.25) is 0 Å². The topological polar surface area (TPSA) is 0 Å². The van der Waals surface area contributed by atoms with Crippen molar-refractivity contribution in [3.8, 4) is 0 Å². The van der Waals surface area contributed by atoms with Crippen molar-refractivity contribution in [1.82, 2.24) is 0 Å². The van der Waals surface area contributed by atoms with E-state index in [1.165, 1.54) is 12.8 Å². The van der Waals surface area contributed by atoms with Crippen LogP contribution in [0, 0.1) is 6.17 Å². The van der Waals surface area contributed by atoms with Crippen LogP contribution < -0.4 is 0 Å². The minimum Gasteiger partial charge on any atom is -0.240 e. The van der Waals surface area contributed by atoms with Crippen LogP contribution in [0.3, 0.4) is 0 Å². The van der Waals surface area contributed by atoms with Gasteiger partial charge >= 0.3 is 0 Å². The van der Waals surface area contributed by atoms with Gasteiger partial charge in [-0.05, 0) is 12.8 Å². The first kappa shape index (κ1) is 6.06. The van der Waals surface area contributed by atoms with Crippen LogP contribution in [0.25, 0.3) is 0 Å². The van der Waals surface area contributed by atoms with E-state index in [1.807, 2.05) is 0 Å². The molecule has 1 radical (unpaired) electrons. The van der Waals surface area contributed by atoms with Crippen LogP contribution in [-0.2, 0) is 0 Å². The highest BCUT2D eigenvalue weighted by molar-refractivity contribution is 4.78. The summed E-state index contributed by atoms with van der Waals surface area (Å²) in [5, 5.41) is 0. The molecule has 0 aromatic rings. The van der Waals surface area contributed by atoms with Gasteiger partial charge in [-0.3, -0.25) is 0 Å². The van der Waals surface area contributed by atoms with Crippen LogP contribution in [0.5, 0.6) is 0 Å². The number of halogens is 1. The van der Waals surface area contributed by atoms with Crippen molar-refractivity contribution in [3.05, 3.63) is 6.17 Å². The first-order valence-corrected chi connectivity index (χ1v) is 3.40. The van der Waals surface area contributed by atoms with Gasteiger partial charge in [0.25, 0.3) is 0 Å². The van der Waals surface area contributed by atoms with Crippen molar-refractivity contribution in [1.29, 1.82) is 0 Å². The first-order valence-electron chi connectivity index (χ1n) is 3.40. The van der Waals surface area contributed by atoms with E-state index in [9.17, 15) is 4.39 Å². The Labute approximate surface area is 50.1 Å². The molecule has 1 rings (SSSR count). The number of hydrogen-bond acceptors (Lipinski definition) is 0. The molecule has 0 nitrogen and oxygen atoms in total. The molecule has 1 aliphatic rings. The first-order chi connectivity index (χ1) is 3.89. The fourth-order valence-corrected chi connectivity index (χ4v) is 1.11. The fourth-order valence-electron chi connectivity index (χ4n) is 1.11. The summed E-state index contributed by atoms with van der Waals surface area (Å²) < 4.78 is 12.4. The van der Waals surface area contributed by atoms with Crippen molar-refractivity contribution in [2.24, 2.45) is 0 Å². The van der Waals surface area contributed by atoms with Gasteiger partial charge in [-0.25, -0.2) is 4.39 Å². The molecule has 0 aliphatic heterocycles. The van der Waals surface area contributed by atoms with Gasteiger partial charge in [0, 0.05) is 0 Å². The van der Waals surface area contributed by atoms with E-state index in [-0.39, 0.29) is 6.17 Å². The minimum atomic E-state index is 0.225. The van der Waals surface area contributed by atoms with Gasteiger partial charge < -0.3 is 0 Å². The lowest BCUT2D eigenvalue weighted by molar-refractivity contribution is 0.432. The average Bonchev–Trinajstić information content (AvgIpc) is 1.94. The second-order valence-electron chi connectivity index (χ2n) is 2.43. The van der Waals surface area contributed by atoms with E-state index in [0.29, 0.717) is 0 Å². The van der Waals surface area contributed by atoms with Crippen molar-refractivity contribution in [2.75, 3.05) is 0 Å². The van der Waals surface area contributed by atoms with E-state index in [1.54, 1.807) is 0 Å². The molecule has 0 bridgehead atoms. The summed E-state index contributed by atoms with van der Waals surface area (Å²) in [6, 6.07) is 0. The van der Waals surface area contributed by atoms with Crippen LogP contribution in [0.4, 0.5) is 4.39 Å². The van der Waals surface area contributed by atoms with E-state index < -0.39 is 0 Å². The monoisotopic (exact) mass is 115 g/mol. The predicted molar refractivity (Wildman–Crippen MR) is 32.1 cm³/mol. The van der Waals surface area contributed by atoms with Crippen molar-refractivity contribution < 1.29 is 4.39 Å². The Balaban J connectivity index is 2.17. The maximum absolute atomic E-state index is 12.4. The molecule has 0 N–H and O–H groups in total. The zero-order chi connectivity index (χ0) is 5.82. The second-order valence-corrected chi connectivity index (χ2v) is 2.43. The molecule has 0 heterocycles. The van der Waals surface area contributed by atoms with E-state index in [2.05, 4.69) is 0 Å². The van der Waals surface area contributed by atoms with Crippen molar-refractivity contribution in [2.45, 2.75) is 38.5 Å². The van der Waals surface area contributed by atoms with Crippen LogP contribution in [0.2, 0.25) is 0 Å². The third kappa shape index (κ3) is 1.81. The maximum Gasteiger partial charge on any atom is 0.144 e. The molecule has 0 aromatic carbocycles. The summed E-state index contributed by atoms with van der Waals surface area (Å²) in [6.07, 6.45) is 6.31. The van der Waals surface area contributed by atoms with Gasteiger partial charge in [0.1, 0.15) is 6.17 Å². The Morgan fingerprint density at radius 3 is 1.88 bits per heavy atom. The van der Waals surface area contributed by atoms with E-state index in [4.69, 9.17) is 0 Å². The third-order valence-corrected chi connectivity index (χ3v) is 1.65. The maximum atomic E-state index is 12.4. The number of hydrogen-bond donors (Lipinski definition) is 0. The highest BCUT2D eigenvalue weighted by Crippen LogP contribution is 2.24. The normalized spacial score (nSPS) is 25.1. The SMILES string of the molecule is F[C]1CCCCCC1. The van der Waals surface area contributed by atoms with Gasteiger partial charge in [0.05, 0.1) is 0 Å². The Bertz CT molecular complexity index is 53.4. The highest BCUT2D eigenvalue weighted by Gasteiger charge is 2.10. The molecule has 0 atom stereocenters. The lowest BCUT2D eigenvalue weighted by Gasteiger charge is -1.96. The van der Waals surface area contributed by atoms with Gasteiger partial charge in [-0.1, -0.05) is 25.7 Å². The predicted octanol–water partition coefficient (Wildman–Crippen LogP) is 2.84. The highest BCUT2D eigenvalue weighted by atomic mass is 19.1. The molecule has 8 heavy (non-hydrogen) atoms. The van der Waals surface area contributed by atoms with Gasteiger partial charge in [0.15, 0.2) is 0 Å². The smallest absolute Gasteiger partial charge is 0.144 e. The molecule has 0 spiro atoms. The summed E-state index contributed by atoms with van der Waals surface area (Å²) >= 11 is 0. The molecule has 0 unspecified atom stereocenters. The zero-order valence-corrected chi connectivity index (χ0v) is 5.12. The molecule has 0 saturated heterocycles. The molecule has 1 aliphatic carbocycles. The molecule has 1 fully saturated rings. The van der Waals surface area contributed by atoms with Crippen molar-refractivity contribution >= 4 is 0 Å². The van der Waals surface area contributed by atoms with E-state index >= 15 is 0 Å². The van der Waals surface area contributed by atoms with E-state index in [0.717, 1.165) is 25.7 Å². The summed E-state index contributed by atoms with van der Waals surface area (Å²) in [6.45, 7) is 0. The minimum absolute atomic E-state index is 0.225. The zero-order valence-electron chi connectivity index (χ0n) is 5.12. The lowest BCUT2D eigenvalue weighted by Crippen LogP contribution is -1.83. The summed E-state index contributed by atoms with van der Waals surface area (Å²) in [4.78, 5) is 0. The quantitative estimate of drug-likeness (QED) is 0.426. The molecule has 1 heteroatoms. The van der Waals surface area contributed by atoms with Crippen molar-refractivity contribution in [3.63, 3.8) is 0 Å². The van der Waals surface area contributed by atoms with Crippen LogP contribution in [-0.4, -0.2) is 0 Å². The summed E-state index contributed by atoms with van der Waals surface area (Å²) in [7, 11) is 0. The Morgan fingerprint density at radius 2 is 1.38 bits per heavy atom. The second kappa shape index (κ2) is 3.06. The number of rotatable bonds is 0. The summed E-state index contributed by atoms with van der Waals surface area (Å²) in [5.74, 6) is 0. The average molecular weight is 115 g/mol. The molecular weight excluding hydrogens is 103 g/mol. The fraction of sp³-hybridized carbons (Fsp3) is 0.857. The molecule has 0 aromatic heterocycles. The molecule has 47 valence electrons.